The average molecular weight is 202 g/mol. The van der Waals surface area contributed by atoms with Gasteiger partial charge in [0.05, 0.1) is 5.52 Å². The van der Waals surface area contributed by atoms with Crippen LogP contribution in [0, 0.1) is 6.92 Å². The van der Waals surface area contributed by atoms with E-state index in [-0.39, 0.29) is 0 Å². The van der Waals surface area contributed by atoms with Gasteiger partial charge in [0.2, 0.25) is 0 Å². The number of benzene rings is 1. The van der Waals surface area contributed by atoms with Gasteiger partial charge in [-0.15, -0.1) is 0 Å². The van der Waals surface area contributed by atoms with Crippen LogP contribution >= 0.6 is 0 Å². The van der Waals surface area contributed by atoms with E-state index < -0.39 is 0 Å². The van der Waals surface area contributed by atoms with Gasteiger partial charge in [-0.05, 0) is 19.1 Å². The number of rotatable bonds is 2. The second kappa shape index (κ2) is 3.82. The number of aromatic nitrogens is 2. The molecule has 0 aliphatic carbocycles. The maximum atomic E-state index is 5.45. The van der Waals surface area contributed by atoms with Crippen LogP contribution in [0.15, 0.2) is 18.2 Å². The van der Waals surface area contributed by atoms with Crippen molar-refractivity contribution in [3.63, 3.8) is 0 Å². The van der Waals surface area contributed by atoms with Crippen LogP contribution in [0.1, 0.15) is 18.3 Å². The van der Waals surface area contributed by atoms with Crippen molar-refractivity contribution >= 4 is 16.7 Å². The topological polar surface area (TPSA) is 63.8 Å². The zero-order valence-electron chi connectivity index (χ0n) is 8.91. The molecule has 0 amide bonds. The summed E-state index contributed by atoms with van der Waals surface area (Å²) in [6, 6.07) is 6.06. The second-order valence-corrected chi connectivity index (χ2v) is 3.51. The summed E-state index contributed by atoms with van der Waals surface area (Å²) in [7, 11) is 0. The molecule has 1 aromatic heterocycles. The lowest BCUT2D eigenvalue weighted by atomic mass is 10.1. The van der Waals surface area contributed by atoms with Gasteiger partial charge in [-0.2, -0.15) is 0 Å². The van der Waals surface area contributed by atoms with Crippen molar-refractivity contribution in [3.8, 4) is 0 Å². The third kappa shape index (κ3) is 1.76. The standard InChI is InChI=1S/C11H14N4/c1-3-10-13-9-5-4-7(2)6-8(9)11(14-10)15-12/h4-6H,3,12H2,1-2H3,(H,13,14,15). The van der Waals surface area contributed by atoms with Crippen LogP contribution in [0.5, 0.6) is 0 Å². The Bertz CT molecular complexity index is 493. The fraction of sp³-hybridized carbons (Fsp3) is 0.273. The van der Waals surface area contributed by atoms with Gasteiger partial charge in [-0.1, -0.05) is 18.6 Å². The second-order valence-electron chi connectivity index (χ2n) is 3.51. The van der Waals surface area contributed by atoms with E-state index in [1.54, 1.807) is 0 Å². The number of nitrogens with two attached hydrogens (primary N) is 1. The molecule has 0 aliphatic heterocycles. The van der Waals surface area contributed by atoms with Crippen LogP contribution in [0.25, 0.3) is 10.9 Å². The van der Waals surface area contributed by atoms with Gasteiger partial charge in [-0.3, -0.25) is 0 Å². The monoisotopic (exact) mass is 202 g/mol. The summed E-state index contributed by atoms with van der Waals surface area (Å²) in [5.74, 6) is 6.95. The molecule has 0 saturated heterocycles. The summed E-state index contributed by atoms with van der Waals surface area (Å²) in [4.78, 5) is 8.77. The molecule has 4 nitrogen and oxygen atoms in total. The predicted octanol–water partition coefficient (Wildman–Crippen LogP) is 1.79. The van der Waals surface area contributed by atoms with E-state index in [0.717, 1.165) is 23.1 Å². The molecule has 0 radical (unpaired) electrons. The zero-order valence-corrected chi connectivity index (χ0v) is 8.91. The summed E-state index contributed by atoms with van der Waals surface area (Å²) in [5, 5.41) is 0.967. The molecule has 1 heterocycles. The molecule has 0 saturated carbocycles. The highest BCUT2D eigenvalue weighted by molar-refractivity contribution is 5.89. The van der Waals surface area contributed by atoms with Crippen molar-refractivity contribution in [1.29, 1.82) is 0 Å². The lowest BCUT2D eigenvalue weighted by Crippen LogP contribution is -2.11. The first-order valence-corrected chi connectivity index (χ1v) is 4.98. The van der Waals surface area contributed by atoms with E-state index in [1.165, 1.54) is 5.56 Å². The molecule has 2 rings (SSSR count). The summed E-state index contributed by atoms with van der Waals surface area (Å²) in [6.45, 7) is 4.06. The van der Waals surface area contributed by atoms with E-state index in [4.69, 9.17) is 5.84 Å². The Kier molecular flexibility index (Phi) is 2.51. The van der Waals surface area contributed by atoms with Gasteiger partial charge in [-0.25, -0.2) is 15.8 Å². The number of nitrogen functional groups attached to an aromatic ring is 1. The fourth-order valence-corrected chi connectivity index (χ4v) is 1.56. The molecule has 2 aromatic rings. The predicted molar refractivity (Wildman–Crippen MR) is 61.5 cm³/mol. The highest BCUT2D eigenvalue weighted by Crippen LogP contribution is 2.20. The number of fused-ring (bicyclic) bond motifs is 1. The Morgan fingerprint density at radius 2 is 2.13 bits per heavy atom. The van der Waals surface area contributed by atoms with E-state index >= 15 is 0 Å². The van der Waals surface area contributed by atoms with E-state index in [0.29, 0.717) is 5.82 Å². The zero-order chi connectivity index (χ0) is 10.8. The maximum absolute atomic E-state index is 5.45. The number of nitrogens with zero attached hydrogens (tertiary/aromatic N) is 2. The van der Waals surface area contributed by atoms with Crippen LogP contribution in [0.3, 0.4) is 0 Å². The van der Waals surface area contributed by atoms with Gasteiger partial charge in [0, 0.05) is 11.8 Å². The molecule has 0 bridgehead atoms. The molecule has 0 atom stereocenters. The Morgan fingerprint density at radius 1 is 1.33 bits per heavy atom. The summed E-state index contributed by atoms with van der Waals surface area (Å²) in [5.41, 5.74) is 4.72. The van der Waals surface area contributed by atoms with Gasteiger partial charge < -0.3 is 5.43 Å². The van der Waals surface area contributed by atoms with Crippen LogP contribution in [0.2, 0.25) is 0 Å². The Labute approximate surface area is 88.5 Å². The minimum absolute atomic E-state index is 0.695. The van der Waals surface area contributed by atoms with Crippen LogP contribution in [-0.2, 0) is 6.42 Å². The average Bonchev–Trinajstić information content (AvgIpc) is 2.27. The Morgan fingerprint density at radius 3 is 2.80 bits per heavy atom. The minimum Gasteiger partial charge on any atom is -0.308 e. The highest BCUT2D eigenvalue weighted by atomic mass is 15.3. The number of anilines is 1. The third-order valence-electron chi connectivity index (χ3n) is 2.35. The lowest BCUT2D eigenvalue weighted by Gasteiger charge is -2.07. The molecule has 0 aliphatic rings. The van der Waals surface area contributed by atoms with Crippen molar-refractivity contribution in [2.24, 2.45) is 5.84 Å². The molecule has 0 fully saturated rings. The third-order valence-corrected chi connectivity index (χ3v) is 2.35. The molecule has 0 unspecified atom stereocenters. The van der Waals surface area contributed by atoms with E-state index in [1.807, 2.05) is 32.0 Å². The first kappa shape index (κ1) is 9.86. The van der Waals surface area contributed by atoms with Crippen LogP contribution in [0.4, 0.5) is 5.82 Å². The SMILES string of the molecule is CCc1nc(NN)c2cc(C)ccc2n1. The molecule has 15 heavy (non-hydrogen) atoms. The minimum atomic E-state index is 0.695. The van der Waals surface area contributed by atoms with Gasteiger partial charge in [0.25, 0.3) is 0 Å². The van der Waals surface area contributed by atoms with Crippen LogP contribution < -0.4 is 11.3 Å². The molecule has 4 heteroatoms. The summed E-state index contributed by atoms with van der Waals surface area (Å²) < 4.78 is 0. The van der Waals surface area contributed by atoms with Gasteiger partial charge >= 0.3 is 0 Å². The molecular formula is C11H14N4. The van der Waals surface area contributed by atoms with Gasteiger partial charge in [0.1, 0.15) is 5.82 Å². The first-order valence-electron chi connectivity index (χ1n) is 4.98. The molecule has 0 spiro atoms. The van der Waals surface area contributed by atoms with Crippen molar-refractivity contribution in [1.82, 2.24) is 9.97 Å². The quantitative estimate of drug-likeness (QED) is 0.575. The van der Waals surface area contributed by atoms with Crippen LogP contribution in [-0.4, -0.2) is 9.97 Å². The number of hydrazine groups is 1. The van der Waals surface area contributed by atoms with Crippen molar-refractivity contribution in [3.05, 3.63) is 29.6 Å². The lowest BCUT2D eigenvalue weighted by molar-refractivity contribution is 0.959. The summed E-state index contributed by atoms with van der Waals surface area (Å²) >= 11 is 0. The normalized spacial score (nSPS) is 10.6. The smallest absolute Gasteiger partial charge is 0.151 e. The number of hydrogen-bond donors (Lipinski definition) is 2. The number of aryl methyl sites for hydroxylation is 2. The van der Waals surface area contributed by atoms with Crippen molar-refractivity contribution in [2.75, 3.05) is 5.43 Å². The fourth-order valence-electron chi connectivity index (χ4n) is 1.56. The van der Waals surface area contributed by atoms with E-state index in [2.05, 4.69) is 15.4 Å². The summed E-state index contributed by atoms with van der Waals surface area (Å²) in [6.07, 6.45) is 0.804. The highest BCUT2D eigenvalue weighted by Gasteiger charge is 2.05. The van der Waals surface area contributed by atoms with Crippen molar-refractivity contribution < 1.29 is 0 Å². The number of hydrogen-bond acceptors (Lipinski definition) is 4. The molecular weight excluding hydrogens is 188 g/mol. The van der Waals surface area contributed by atoms with Crippen molar-refractivity contribution in [2.45, 2.75) is 20.3 Å². The van der Waals surface area contributed by atoms with E-state index in [9.17, 15) is 0 Å². The first-order chi connectivity index (χ1) is 7.24. The molecule has 1 aromatic carbocycles. The molecule has 78 valence electrons. The Balaban J connectivity index is 2.75. The largest absolute Gasteiger partial charge is 0.308 e. The Hall–Kier alpha value is -1.68. The molecule has 3 N–H and O–H groups in total. The number of nitrogens with one attached hydrogen (secondary N) is 1. The van der Waals surface area contributed by atoms with Gasteiger partial charge in [0.15, 0.2) is 5.82 Å². The maximum Gasteiger partial charge on any atom is 0.151 e.